The van der Waals surface area contributed by atoms with Crippen LogP contribution < -0.4 is 15.4 Å². The fraction of sp³-hybridized carbons (Fsp3) is 0.207. The quantitative estimate of drug-likeness (QED) is 0.210. The number of rotatable bonds is 10. The molecule has 4 rings (SSSR count). The first-order valence-electron chi connectivity index (χ1n) is 12.1. The Kier molecular flexibility index (Phi) is 8.98. The van der Waals surface area contributed by atoms with Crippen LogP contribution in [0, 0.1) is 6.92 Å². The van der Waals surface area contributed by atoms with Gasteiger partial charge in [0.25, 0.3) is 5.91 Å². The third-order valence-corrected chi connectivity index (χ3v) is 7.73. The standard InChI is InChI=1S/C29H29N3O3S2/c1-4-26(28(34)32-29-31-25(18-36-29)20-13-15-22(16-14-20)35-5-2)37-23-11-8-10-21(17-23)30-27(33)24-12-7-6-9-19(24)3/h6-18,26H,4-5H2,1-3H3,(H,30,33)(H,31,32,34). The Morgan fingerprint density at radius 2 is 1.78 bits per heavy atom. The van der Waals surface area contributed by atoms with E-state index in [-0.39, 0.29) is 17.1 Å². The van der Waals surface area contributed by atoms with E-state index in [4.69, 9.17) is 4.74 Å². The molecule has 8 heteroatoms. The zero-order valence-corrected chi connectivity index (χ0v) is 22.6. The van der Waals surface area contributed by atoms with Gasteiger partial charge < -0.3 is 15.4 Å². The summed E-state index contributed by atoms with van der Waals surface area (Å²) in [5, 5.41) is 8.11. The molecule has 1 aromatic heterocycles. The minimum atomic E-state index is -0.305. The molecule has 2 N–H and O–H groups in total. The molecule has 0 bridgehead atoms. The number of anilines is 2. The van der Waals surface area contributed by atoms with Crippen LogP contribution in [0.5, 0.6) is 5.75 Å². The number of hydrogen-bond acceptors (Lipinski definition) is 6. The Morgan fingerprint density at radius 3 is 2.51 bits per heavy atom. The lowest BCUT2D eigenvalue weighted by atomic mass is 10.1. The van der Waals surface area contributed by atoms with Crippen LogP contribution >= 0.6 is 23.1 Å². The molecule has 3 aromatic carbocycles. The van der Waals surface area contributed by atoms with E-state index in [1.54, 1.807) is 6.07 Å². The van der Waals surface area contributed by atoms with Crippen LogP contribution in [0.2, 0.25) is 0 Å². The number of carbonyl (C=O) groups is 2. The molecule has 0 saturated heterocycles. The predicted molar refractivity (Wildman–Crippen MR) is 153 cm³/mol. The fourth-order valence-electron chi connectivity index (χ4n) is 3.70. The second kappa shape index (κ2) is 12.6. The first-order valence-corrected chi connectivity index (χ1v) is 13.9. The maximum absolute atomic E-state index is 13.0. The number of aromatic nitrogens is 1. The van der Waals surface area contributed by atoms with E-state index in [1.165, 1.54) is 23.1 Å². The van der Waals surface area contributed by atoms with Gasteiger partial charge in [0.15, 0.2) is 5.13 Å². The lowest BCUT2D eigenvalue weighted by molar-refractivity contribution is -0.115. The molecule has 0 aliphatic carbocycles. The molecule has 1 atom stereocenters. The Labute approximate surface area is 225 Å². The number of thioether (sulfide) groups is 1. The number of hydrogen-bond donors (Lipinski definition) is 2. The van der Waals surface area contributed by atoms with Crippen LogP contribution in [0.3, 0.4) is 0 Å². The Bertz CT molecular complexity index is 1370. The van der Waals surface area contributed by atoms with Crippen molar-refractivity contribution < 1.29 is 14.3 Å². The fourth-order valence-corrected chi connectivity index (χ4v) is 5.43. The van der Waals surface area contributed by atoms with Crippen LogP contribution in [0.1, 0.15) is 36.2 Å². The van der Waals surface area contributed by atoms with Gasteiger partial charge in [0.05, 0.1) is 17.6 Å². The summed E-state index contributed by atoms with van der Waals surface area (Å²) in [5.41, 5.74) is 4.02. The van der Waals surface area contributed by atoms with E-state index in [1.807, 2.05) is 92.9 Å². The van der Waals surface area contributed by atoms with Gasteiger partial charge in [-0.25, -0.2) is 4.98 Å². The molecular weight excluding hydrogens is 502 g/mol. The molecule has 2 amide bonds. The van der Waals surface area contributed by atoms with Crippen molar-refractivity contribution in [1.29, 1.82) is 0 Å². The largest absolute Gasteiger partial charge is 0.494 e. The van der Waals surface area contributed by atoms with Gasteiger partial charge in [-0.1, -0.05) is 31.2 Å². The molecule has 0 radical (unpaired) electrons. The number of nitrogens with zero attached hydrogens (tertiary/aromatic N) is 1. The van der Waals surface area contributed by atoms with Gasteiger partial charge in [0, 0.05) is 27.1 Å². The van der Waals surface area contributed by atoms with Gasteiger partial charge in [-0.3, -0.25) is 9.59 Å². The minimum absolute atomic E-state index is 0.102. The average molecular weight is 532 g/mol. The van der Waals surface area contributed by atoms with Crippen molar-refractivity contribution in [3.8, 4) is 17.0 Å². The monoisotopic (exact) mass is 531 g/mol. The van der Waals surface area contributed by atoms with Crippen molar-refractivity contribution in [2.24, 2.45) is 0 Å². The molecule has 0 aliphatic heterocycles. The first-order chi connectivity index (χ1) is 18.0. The molecule has 37 heavy (non-hydrogen) atoms. The van der Waals surface area contributed by atoms with Crippen LogP contribution in [-0.2, 0) is 4.79 Å². The maximum atomic E-state index is 13.0. The van der Waals surface area contributed by atoms with Crippen LogP contribution in [-0.4, -0.2) is 28.7 Å². The molecule has 190 valence electrons. The topological polar surface area (TPSA) is 80.3 Å². The Morgan fingerprint density at radius 1 is 1.00 bits per heavy atom. The number of benzene rings is 3. The summed E-state index contributed by atoms with van der Waals surface area (Å²) in [6.45, 7) is 6.46. The Hall–Kier alpha value is -3.62. The lowest BCUT2D eigenvalue weighted by Gasteiger charge is -2.14. The number of ether oxygens (including phenoxy) is 1. The van der Waals surface area contributed by atoms with Gasteiger partial charge >= 0.3 is 0 Å². The predicted octanol–water partition coefficient (Wildman–Crippen LogP) is 7.28. The van der Waals surface area contributed by atoms with Gasteiger partial charge in [-0.2, -0.15) is 0 Å². The minimum Gasteiger partial charge on any atom is -0.494 e. The van der Waals surface area contributed by atoms with Crippen molar-refractivity contribution in [2.75, 3.05) is 17.2 Å². The molecule has 0 saturated carbocycles. The SMILES string of the molecule is CCOc1ccc(-c2csc(NC(=O)C(CC)Sc3cccc(NC(=O)c4ccccc4C)c3)n2)cc1. The number of aryl methyl sites for hydroxylation is 1. The van der Waals surface area contributed by atoms with E-state index < -0.39 is 0 Å². The van der Waals surface area contributed by atoms with E-state index >= 15 is 0 Å². The van der Waals surface area contributed by atoms with E-state index in [2.05, 4.69) is 15.6 Å². The van der Waals surface area contributed by atoms with Crippen molar-refractivity contribution in [3.63, 3.8) is 0 Å². The maximum Gasteiger partial charge on any atom is 0.255 e. The molecule has 0 fully saturated rings. The van der Waals surface area contributed by atoms with Crippen molar-refractivity contribution in [2.45, 2.75) is 37.3 Å². The number of amides is 2. The number of nitrogens with one attached hydrogen (secondary N) is 2. The first kappa shape index (κ1) is 26.4. The van der Waals surface area contributed by atoms with Gasteiger partial charge in [0.1, 0.15) is 5.75 Å². The zero-order chi connectivity index (χ0) is 26.2. The highest BCUT2D eigenvalue weighted by molar-refractivity contribution is 8.00. The number of carbonyl (C=O) groups excluding carboxylic acids is 2. The lowest BCUT2D eigenvalue weighted by Crippen LogP contribution is -2.24. The normalized spacial score (nSPS) is 11.5. The van der Waals surface area contributed by atoms with Crippen molar-refractivity contribution in [1.82, 2.24) is 4.98 Å². The summed E-state index contributed by atoms with van der Waals surface area (Å²) in [6, 6.07) is 22.8. The van der Waals surface area contributed by atoms with E-state index in [9.17, 15) is 9.59 Å². The number of thiazole rings is 1. The molecule has 4 aromatic rings. The summed E-state index contributed by atoms with van der Waals surface area (Å²) >= 11 is 2.86. The summed E-state index contributed by atoms with van der Waals surface area (Å²) < 4.78 is 5.50. The highest BCUT2D eigenvalue weighted by atomic mass is 32.2. The highest BCUT2D eigenvalue weighted by Gasteiger charge is 2.20. The van der Waals surface area contributed by atoms with Crippen molar-refractivity contribution in [3.05, 3.63) is 89.3 Å². The second-order valence-corrected chi connectivity index (χ2v) is 10.4. The summed E-state index contributed by atoms with van der Waals surface area (Å²) in [4.78, 5) is 31.2. The third-order valence-electron chi connectivity index (χ3n) is 5.62. The molecule has 6 nitrogen and oxygen atoms in total. The second-order valence-electron chi connectivity index (χ2n) is 8.30. The zero-order valence-electron chi connectivity index (χ0n) is 21.0. The molecule has 0 spiro atoms. The van der Waals surface area contributed by atoms with Gasteiger partial charge in [0.2, 0.25) is 5.91 Å². The van der Waals surface area contributed by atoms with Crippen molar-refractivity contribution >= 4 is 45.7 Å². The third kappa shape index (κ3) is 6.99. The van der Waals surface area contributed by atoms with Gasteiger partial charge in [-0.05, 0) is 74.4 Å². The summed E-state index contributed by atoms with van der Waals surface area (Å²) in [5.74, 6) is 0.559. The van der Waals surface area contributed by atoms with Crippen LogP contribution in [0.4, 0.5) is 10.8 Å². The molecule has 0 aliphatic rings. The molecule has 1 heterocycles. The Balaban J connectivity index is 1.38. The summed E-state index contributed by atoms with van der Waals surface area (Å²) in [7, 11) is 0. The van der Waals surface area contributed by atoms with Crippen LogP contribution in [0.15, 0.2) is 83.1 Å². The highest BCUT2D eigenvalue weighted by Crippen LogP contribution is 2.30. The van der Waals surface area contributed by atoms with Crippen LogP contribution in [0.25, 0.3) is 11.3 Å². The average Bonchev–Trinajstić information content (AvgIpc) is 3.36. The molecular formula is C29H29N3O3S2. The molecule has 1 unspecified atom stereocenters. The van der Waals surface area contributed by atoms with E-state index in [0.717, 1.165) is 27.5 Å². The summed E-state index contributed by atoms with van der Waals surface area (Å²) in [6.07, 6.45) is 0.646. The smallest absolute Gasteiger partial charge is 0.255 e. The van der Waals surface area contributed by atoms with Gasteiger partial charge in [-0.15, -0.1) is 23.1 Å². The van der Waals surface area contributed by atoms with E-state index in [0.29, 0.717) is 29.4 Å².